The van der Waals surface area contributed by atoms with Gasteiger partial charge in [0.1, 0.15) is 12.4 Å². The fourth-order valence-electron chi connectivity index (χ4n) is 2.35. The number of carbonyl (C=O) groups excluding carboxylic acids is 2. The van der Waals surface area contributed by atoms with Gasteiger partial charge in [0, 0.05) is 25.4 Å². The summed E-state index contributed by atoms with van der Waals surface area (Å²) in [6, 6.07) is 9.61. The first kappa shape index (κ1) is 14.6. The van der Waals surface area contributed by atoms with E-state index in [1.165, 1.54) is 0 Å². The van der Waals surface area contributed by atoms with Gasteiger partial charge in [0.15, 0.2) is 0 Å². The summed E-state index contributed by atoms with van der Waals surface area (Å²) in [5.74, 6) is 0.144. The highest BCUT2D eigenvalue weighted by atomic mass is 16.6. The summed E-state index contributed by atoms with van der Waals surface area (Å²) in [6.45, 7) is 3.29. The number of ether oxygens (including phenoxy) is 1. The van der Waals surface area contributed by atoms with E-state index in [9.17, 15) is 9.59 Å². The number of carbonyl (C=O) groups is 2. The molecule has 0 aliphatic carbocycles. The van der Waals surface area contributed by atoms with Crippen LogP contribution in [0.4, 0.5) is 4.79 Å². The molecule has 1 aromatic carbocycles. The van der Waals surface area contributed by atoms with Crippen LogP contribution < -0.4 is 0 Å². The highest BCUT2D eigenvalue weighted by molar-refractivity contribution is 5.81. The number of benzene rings is 1. The zero-order valence-electron chi connectivity index (χ0n) is 11.9. The van der Waals surface area contributed by atoms with Gasteiger partial charge in [-0.2, -0.15) is 0 Å². The van der Waals surface area contributed by atoms with E-state index in [0.717, 1.165) is 18.4 Å². The van der Waals surface area contributed by atoms with Crippen molar-refractivity contribution in [1.82, 2.24) is 4.90 Å². The molecule has 1 saturated heterocycles. The van der Waals surface area contributed by atoms with Crippen molar-refractivity contribution < 1.29 is 14.3 Å². The van der Waals surface area contributed by atoms with Gasteiger partial charge in [-0.3, -0.25) is 4.79 Å². The van der Waals surface area contributed by atoms with Gasteiger partial charge < -0.3 is 9.64 Å². The summed E-state index contributed by atoms with van der Waals surface area (Å²) >= 11 is 0. The number of rotatable bonds is 2. The molecule has 0 bridgehead atoms. The maximum Gasteiger partial charge on any atom is 0.410 e. The summed E-state index contributed by atoms with van der Waals surface area (Å²) in [5, 5.41) is 0. The second-order valence-electron chi connectivity index (χ2n) is 5.31. The van der Waals surface area contributed by atoms with Crippen molar-refractivity contribution in [1.29, 1.82) is 0 Å². The first-order valence-electron chi connectivity index (χ1n) is 7.15. The molecule has 0 spiro atoms. The number of likely N-dealkylation sites (tertiary alicyclic amines) is 1. The molecule has 0 N–H and O–H groups in total. The Labute approximate surface area is 119 Å². The lowest BCUT2D eigenvalue weighted by Crippen LogP contribution is -2.39. The van der Waals surface area contributed by atoms with Crippen molar-refractivity contribution in [2.45, 2.75) is 32.8 Å². The van der Waals surface area contributed by atoms with Crippen molar-refractivity contribution in [2.24, 2.45) is 5.92 Å². The predicted octanol–water partition coefficient (Wildman–Crippen LogP) is 3.01. The molecule has 1 heterocycles. The fourth-order valence-corrected chi connectivity index (χ4v) is 2.35. The van der Waals surface area contributed by atoms with Crippen LogP contribution in [-0.4, -0.2) is 29.9 Å². The zero-order valence-corrected chi connectivity index (χ0v) is 11.9. The third-order valence-electron chi connectivity index (χ3n) is 3.61. The van der Waals surface area contributed by atoms with Crippen molar-refractivity contribution in [3.63, 3.8) is 0 Å². The Kier molecular flexibility index (Phi) is 5.16. The summed E-state index contributed by atoms with van der Waals surface area (Å²) in [7, 11) is 0. The second-order valence-corrected chi connectivity index (χ2v) is 5.31. The first-order chi connectivity index (χ1) is 9.66. The SMILES string of the molecule is CC1CN(C(=O)OCc2ccccc2)CCCCC1=O. The lowest BCUT2D eigenvalue weighted by molar-refractivity contribution is -0.123. The van der Waals surface area contributed by atoms with Crippen LogP contribution in [0.5, 0.6) is 0 Å². The van der Waals surface area contributed by atoms with Gasteiger partial charge >= 0.3 is 6.09 Å². The molecule has 1 aromatic rings. The first-order valence-corrected chi connectivity index (χ1v) is 7.15. The molecular weight excluding hydrogens is 254 g/mol. The molecule has 20 heavy (non-hydrogen) atoms. The Morgan fingerprint density at radius 3 is 2.80 bits per heavy atom. The number of hydrogen-bond acceptors (Lipinski definition) is 3. The molecule has 1 aliphatic heterocycles. The van der Waals surface area contributed by atoms with Crippen molar-refractivity contribution in [2.75, 3.05) is 13.1 Å². The van der Waals surface area contributed by atoms with Crippen LogP contribution >= 0.6 is 0 Å². The second kappa shape index (κ2) is 7.08. The lowest BCUT2D eigenvalue weighted by atomic mass is 9.98. The summed E-state index contributed by atoms with van der Waals surface area (Å²) in [5.41, 5.74) is 0.969. The maximum absolute atomic E-state index is 12.1. The molecule has 1 aliphatic rings. The quantitative estimate of drug-likeness (QED) is 0.833. The lowest BCUT2D eigenvalue weighted by Gasteiger charge is -2.27. The molecule has 1 unspecified atom stereocenters. The number of nitrogens with zero attached hydrogens (tertiary/aromatic N) is 1. The minimum atomic E-state index is -0.324. The number of amides is 1. The van der Waals surface area contributed by atoms with E-state index in [-0.39, 0.29) is 24.4 Å². The average Bonchev–Trinajstić information content (AvgIpc) is 2.46. The Bertz CT molecular complexity index is 458. The maximum atomic E-state index is 12.1. The molecule has 0 aromatic heterocycles. The van der Waals surface area contributed by atoms with Crippen LogP contribution in [-0.2, 0) is 16.1 Å². The molecule has 0 radical (unpaired) electrons. The van der Waals surface area contributed by atoms with E-state index in [1.54, 1.807) is 4.90 Å². The number of Topliss-reactive ketones (excluding diaryl/α,β-unsaturated/α-hetero) is 1. The van der Waals surface area contributed by atoms with E-state index >= 15 is 0 Å². The van der Waals surface area contributed by atoms with Crippen LogP contribution in [0.1, 0.15) is 31.7 Å². The Morgan fingerprint density at radius 1 is 1.30 bits per heavy atom. The smallest absolute Gasteiger partial charge is 0.410 e. The highest BCUT2D eigenvalue weighted by Gasteiger charge is 2.23. The van der Waals surface area contributed by atoms with E-state index in [1.807, 2.05) is 37.3 Å². The molecule has 4 nitrogen and oxygen atoms in total. The summed E-state index contributed by atoms with van der Waals surface area (Å²) < 4.78 is 5.32. The number of hydrogen-bond donors (Lipinski definition) is 0. The summed E-state index contributed by atoms with van der Waals surface area (Å²) in [6.07, 6.45) is 2.02. The van der Waals surface area contributed by atoms with Gasteiger partial charge in [-0.15, -0.1) is 0 Å². The molecule has 1 amide bonds. The number of ketones is 1. The normalized spacial score (nSPS) is 20.1. The Hall–Kier alpha value is -1.84. The van der Waals surface area contributed by atoms with Gasteiger partial charge in [0.25, 0.3) is 0 Å². The topological polar surface area (TPSA) is 46.6 Å². The van der Waals surface area contributed by atoms with Crippen LogP contribution in [0.3, 0.4) is 0 Å². The average molecular weight is 275 g/mol. The third-order valence-corrected chi connectivity index (χ3v) is 3.61. The third kappa shape index (κ3) is 4.08. The van der Waals surface area contributed by atoms with Crippen LogP contribution in [0.2, 0.25) is 0 Å². The molecule has 0 saturated carbocycles. The van der Waals surface area contributed by atoms with Crippen LogP contribution in [0.25, 0.3) is 0 Å². The molecular formula is C16H21NO3. The Morgan fingerprint density at radius 2 is 2.05 bits per heavy atom. The standard InChI is InChI=1S/C16H21NO3/c1-13-11-17(10-6-5-9-15(13)18)16(19)20-12-14-7-3-2-4-8-14/h2-4,7-8,13H,5-6,9-12H2,1H3. The van der Waals surface area contributed by atoms with E-state index in [4.69, 9.17) is 4.74 Å². The largest absolute Gasteiger partial charge is 0.445 e. The highest BCUT2D eigenvalue weighted by Crippen LogP contribution is 2.14. The minimum absolute atomic E-state index is 0.0976. The molecule has 108 valence electrons. The van der Waals surface area contributed by atoms with Crippen LogP contribution in [0, 0.1) is 5.92 Å². The van der Waals surface area contributed by atoms with Crippen molar-refractivity contribution in [3.8, 4) is 0 Å². The molecule has 1 fully saturated rings. The fraction of sp³-hybridized carbons (Fsp3) is 0.500. The van der Waals surface area contributed by atoms with E-state index in [0.29, 0.717) is 19.5 Å². The van der Waals surface area contributed by atoms with E-state index in [2.05, 4.69) is 0 Å². The molecule has 4 heteroatoms. The zero-order chi connectivity index (χ0) is 14.4. The van der Waals surface area contributed by atoms with Gasteiger partial charge in [-0.25, -0.2) is 4.79 Å². The molecule has 2 rings (SSSR count). The monoisotopic (exact) mass is 275 g/mol. The van der Waals surface area contributed by atoms with Crippen molar-refractivity contribution >= 4 is 11.9 Å². The van der Waals surface area contributed by atoms with Crippen LogP contribution in [0.15, 0.2) is 30.3 Å². The van der Waals surface area contributed by atoms with E-state index < -0.39 is 0 Å². The Balaban J connectivity index is 1.88. The van der Waals surface area contributed by atoms with Gasteiger partial charge in [-0.1, -0.05) is 37.3 Å². The van der Waals surface area contributed by atoms with Crippen molar-refractivity contribution in [3.05, 3.63) is 35.9 Å². The van der Waals surface area contributed by atoms with Gasteiger partial charge in [0.05, 0.1) is 0 Å². The summed E-state index contributed by atoms with van der Waals surface area (Å²) in [4.78, 5) is 25.5. The van der Waals surface area contributed by atoms with Gasteiger partial charge in [0.2, 0.25) is 0 Å². The minimum Gasteiger partial charge on any atom is -0.445 e. The molecule has 1 atom stereocenters. The predicted molar refractivity (Wildman–Crippen MR) is 76.2 cm³/mol. The van der Waals surface area contributed by atoms with Gasteiger partial charge in [-0.05, 0) is 18.4 Å².